The quantitative estimate of drug-likeness (QED) is 0.715. The first-order valence-electron chi connectivity index (χ1n) is 4.72. The van der Waals surface area contributed by atoms with Gasteiger partial charge in [-0.15, -0.1) is 13.2 Å². The number of hydrogen-bond donors (Lipinski definition) is 0. The predicted molar refractivity (Wildman–Crippen MR) is 43.6 cm³/mol. The molecule has 0 aliphatic heterocycles. The zero-order valence-corrected chi connectivity index (χ0v) is 7.77. The highest BCUT2D eigenvalue weighted by Gasteiger charge is 2.30. The third kappa shape index (κ3) is 4.09. The van der Waals surface area contributed by atoms with Gasteiger partial charge < -0.3 is 0 Å². The van der Waals surface area contributed by atoms with Crippen molar-refractivity contribution in [1.29, 1.82) is 0 Å². The Morgan fingerprint density at radius 2 is 2.07 bits per heavy atom. The molecule has 0 saturated heterocycles. The molecule has 0 amide bonds. The number of hydrogen-bond acceptors (Lipinski definition) is 2. The highest BCUT2D eigenvalue weighted by molar-refractivity contribution is 5.81. The Labute approximate surface area is 80.4 Å². The van der Waals surface area contributed by atoms with Gasteiger partial charge in [-0.1, -0.05) is 6.42 Å². The molecule has 0 heterocycles. The van der Waals surface area contributed by atoms with Crippen molar-refractivity contribution in [3.05, 3.63) is 0 Å². The monoisotopic (exact) mass is 210 g/mol. The largest absolute Gasteiger partial charge is 0.522 e. The van der Waals surface area contributed by atoms with Gasteiger partial charge in [0.1, 0.15) is 5.78 Å². The van der Waals surface area contributed by atoms with Crippen molar-refractivity contribution < 1.29 is 22.7 Å². The lowest BCUT2D eigenvalue weighted by atomic mass is 9.86. The standard InChI is InChI=1S/C9H13F3O2/c10-9(11,12)14-6-5-7-3-1-2-4-8(7)13/h7H,1-6H2. The van der Waals surface area contributed by atoms with Crippen LogP contribution >= 0.6 is 0 Å². The Bertz CT molecular complexity index is 201. The molecule has 1 unspecified atom stereocenters. The number of halogens is 3. The maximum absolute atomic E-state index is 11.6. The molecule has 0 aromatic rings. The summed E-state index contributed by atoms with van der Waals surface area (Å²) in [5, 5.41) is 0. The minimum absolute atomic E-state index is 0.0852. The summed E-state index contributed by atoms with van der Waals surface area (Å²) >= 11 is 0. The lowest BCUT2D eigenvalue weighted by molar-refractivity contribution is -0.325. The second-order valence-corrected chi connectivity index (χ2v) is 3.49. The Kier molecular flexibility index (Phi) is 3.92. The van der Waals surface area contributed by atoms with Gasteiger partial charge in [-0.25, -0.2) is 0 Å². The van der Waals surface area contributed by atoms with Gasteiger partial charge >= 0.3 is 6.36 Å². The number of ether oxygens (including phenoxy) is 1. The van der Waals surface area contributed by atoms with Gasteiger partial charge in [-0.05, 0) is 19.3 Å². The maximum Gasteiger partial charge on any atom is 0.522 e. The summed E-state index contributed by atoms with van der Waals surface area (Å²) in [6, 6.07) is 0. The number of ketones is 1. The van der Waals surface area contributed by atoms with Crippen molar-refractivity contribution >= 4 is 5.78 Å². The van der Waals surface area contributed by atoms with Crippen LogP contribution in [0.5, 0.6) is 0 Å². The number of rotatable bonds is 3. The summed E-state index contributed by atoms with van der Waals surface area (Å²) in [6.45, 7) is -0.403. The van der Waals surface area contributed by atoms with Gasteiger partial charge in [0.25, 0.3) is 0 Å². The molecule has 0 radical (unpaired) electrons. The zero-order chi connectivity index (χ0) is 10.6. The molecule has 2 nitrogen and oxygen atoms in total. The van der Waals surface area contributed by atoms with Crippen molar-refractivity contribution in [2.75, 3.05) is 6.61 Å². The Hall–Kier alpha value is -0.580. The van der Waals surface area contributed by atoms with Gasteiger partial charge in [-0.2, -0.15) is 0 Å². The van der Waals surface area contributed by atoms with Crippen molar-refractivity contribution in [1.82, 2.24) is 0 Å². The third-order valence-electron chi connectivity index (χ3n) is 2.41. The number of carbonyl (C=O) groups excluding carboxylic acids is 1. The summed E-state index contributed by atoms with van der Waals surface area (Å²) in [5.41, 5.74) is 0. The molecule has 0 N–H and O–H groups in total. The first-order chi connectivity index (χ1) is 6.49. The molecular weight excluding hydrogens is 197 g/mol. The molecule has 1 atom stereocenters. The number of Topliss-reactive ketones (excluding diaryl/α,β-unsaturated/α-hetero) is 1. The van der Waals surface area contributed by atoms with Crippen LogP contribution in [-0.4, -0.2) is 18.8 Å². The van der Waals surface area contributed by atoms with E-state index in [1.165, 1.54) is 0 Å². The van der Waals surface area contributed by atoms with Crippen LogP contribution in [0.2, 0.25) is 0 Å². The topological polar surface area (TPSA) is 26.3 Å². The fourth-order valence-corrected chi connectivity index (χ4v) is 1.68. The normalized spacial score (nSPS) is 23.9. The Balaban J connectivity index is 2.20. The second kappa shape index (κ2) is 4.77. The SMILES string of the molecule is O=C1CCCCC1CCOC(F)(F)F. The smallest absolute Gasteiger partial charge is 0.299 e. The fourth-order valence-electron chi connectivity index (χ4n) is 1.68. The van der Waals surface area contributed by atoms with E-state index in [-0.39, 0.29) is 18.1 Å². The fraction of sp³-hybridized carbons (Fsp3) is 0.889. The first-order valence-corrected chi connectivity index (χ1v) is 4.72. The summed E-state index contributed by atoms with van der Waals surface area (Å²) in [6.07, 6.45) is -1.36. The molecular formula is C9H13F3O2. The van der Waals surface area contributed by atoms with Crippen LogP contribution in [0.1, 0.15) is 32.1 Å². The molecule has 1 saturated carbocycles. The highest BCUT2D eigenvalue weighted by Crippen LogP contribution is 2.24. The highest BCUT2D eigenvalue weighted by atomic mass is 19.4. The third-order valence-corrected chi connectivity index (χ3v) is 2.41. The Morgan fingerprint density at radius 3 is 2.64 bits per heavy atom. The summed E-state index contributed by atoms with van der Waals surface area (Å²) < 4.78 is 38.4. The van der Waals surface area contributed by atoms with Gasteiger partial charge in [0.2, 0.25) is 0 Å². The van der Waals surface area contributed by atoms with Gasteiger partial charge in [0, 0.05) is 12.3 Å². The van der Waals surface area contributed by atoms with E-state index < -0.39 is 13.0 Å². The lowest BCUT2D eigenvalue weighted by Crippen LogP contribution is -2.22. The van der Waals surface area contributed by atoms with Crippen molar-refractivity contribution in [2.24, 2.45) is 5.92 Å². The second-order valence-electron chi connectivity index (χ2n) is 3.49. The summed E-state index contributed by atoms with van der Waals surface area (Å²) in [7, 11) is 0. The van der Waals surface area contributed by atoms with E-state index in [1.54, 1.807) is 0 Å². The number of carbonyl (C=O) groups is 1. The van der Waals surface area contributed by atoms with Crippen LogP contribution in [0.15, 0.2) is 0 Å². The van der Waals surface area contributed by atoms with Crippen LogP contribution in [0, 0.1) is 5.92 Å². The molecule has 1 rings (SSSR count). The summed E-state index contributed by atoms with van der Waals surface area (Å²) in [4.78, 5) is 11.2. The van der Waals surface area contributed by atoms with Crippen LogP contribution in [0.4, 0.5) is 13.2 Å². The first kappa shape index (κ1) is 11.5. The minimum Gasteiger partial charge on any atom is -0.299 e. The van der Waals surface area contributed by atoms with E-state index in [9.17, 15) is 18.0 Å². The molecule has 0 aromatic carbocycles. The molecule has 1 aliphatic rings. The van der Waals surface area contributed by atoms with Gasteiger partial charge in [0.05, 0.1) is 6.61 Å². The van der Waals surface area contributed by atoms with Crippen LogP contribution < -0.4 is 0 Å². The number of alkyl halides is 3. The van der Waals surface area contributed by atoms with Crippen molar-refractivity contribution in [3.8, 4) is 0 Å². The molecule has 14 heavy (non-hydrogen) atoms. The van der Waals surface area contributed by atoms with E-state index in [0.29, 0.717) is 12.8 Å². The van der Waals surface area contributed by atoms with Crippen LogP contribution in [0.25, 0.3) is 0 Å². The maximum atomic E-state index is 11.6. The van der Waals surface area contributed by atoms with E-state index in [0.717, 1.165) is 12.8 Å². The van der Waals surface area contributed by atoms with E-state index in [1.807, 2.05) is 0 Å². The zero-order valence-electron chi connectivity index (χ0n) is 7.77. The molecule has 0 spiro atoms. The van der Waals surface area contributed by atoms with E-state index in [2.05, 4.69) is 4.74 Å². The molecule has 1 fully saturated rings. The van der Waals surface area contributed by atoms with Crippen molar-refractivity contribution in [3.63, 3.8) is 0 Å². The van der Waals surface area contributed by atoms with Gasteiger partial charge in [-0.3, -0.25) is 9.53 Å². The lowest BCUT2D eigenvalue weighted by Gasteiger charge is -2.20. The molecule has 5 heteroatoms. The van der Waals surface area contributed by atoms with E-state index >= 15 is 0 Å². The van der Waals surface area contributed by atoms with Crippen molar-refractivity contribution in [2.45, 2.75) is 38.5 Å². The molecule has 82 valence electrons. The average Bonchev–Trinajstić information content (AvgIpc) is 2.06. The van der Waals surface area contributed by atoms with Crippen LogP contribution in [-0.2, 0) is 9.53 Å². The molecule has 1 aliphatic carbocycles. The minimum atomic E-state index is -4.57. The molecule has 0 aromatic heterocycles. The average molecular weight is 210 g/mol. The van der Waals surface area contributed by atoms with E-state index in [4.69, 9.17) is 0 Å². The predicted octanol–water partition coefficient (Wildman–Crippen LogP) is 2.67. The van der Waals surface area contributed by atoms with Gasteiger partial charge in [0.15, 0.2) is 0 Å². The Morgan fingerprint density at radius 1 is 1.36 bits per heavy atom. The van der Waals surface area contributed by atoms with Crippen LogP contribution in [0.3, 0.4) is 0 Å². The summed E-state index contributed by atoms with van der Waals surface area (Å²) in [5.74, 6) is -0.131. The molecule has 0 bridgehead atoms.